The van der Waals surface area contributed by atoms with Gasteiger partial charge in [0.2, 0.25) is 0 Å². The summed E-state index contributed by atoms with van der Waals surface area (Å²) in [6.07, 6.45) is 0.481. The van der Waals surface area contributed by atoms with Crippen LogP contribution in [0.2, 0.25) is 0 Å². The molecule has 1 rings (SSSR count). The van der Waals surface area contributed by atoms with Crippen LogP contribution >= 0.6 is 0 Å². The Morgan fingerprint density at radius 3 is 3.00 bits per heavy atom. The van der Waals surface area contributed by atoms with Crippen LogP contribution < -0.4 is 0 Å². The Bertz CT molecular complexity index is 542. The minimum atomic E-state index is -0.397. The highest BCUT2D eigenvalue weighted by Crippen LogP contribution is 2.10. The Kier molecular flexibility index (Phi) is 5.10. The minimum Gasteiger partial charge on any atom is -0.207 e. The van der Waals surface area contributed by atoms with Gasteiger partial charge in [-0.05, 0) is 23.7 Å². The van der Waals surface area contributed by atoms with Gasteiger partial charge in [-0.3, -0.25) is 0 Å². The molecule has 0 radical (unpaired) electrons. The van der Waals surface area contributed by atoms with E-state index in [1.807, 2.05) is 6.07 Å². The van der Waals surface area contributed by atoms with Gasteiger partial charge in [0.15, 0.2) is 0 Å². The van der Waals surface area contributed by atoms with E-state index < -0.39 is 5.82 Å². The number of hydrogen-bond donors (Lipinski definition) is 0. The SMILES string of the molecule is N#CCc1cc(C#CCCN=[N+]=[N-])ccc1F. The van der Waals surface area contributed by atoms with Gasteiger partial charge in [-0.25, -0.2) is 4.39 Å². The van der Waals surface area contributed by atoms with Crippen molar-refractivity contribution in [1.82, 2.24) is 0 Å². The molecule has 17 heavy (non-hydrogen) atoms. The zero-order chi connectivity index (χ0) is 12.5. The van der Waals surface area contributed by atoms with Crippen molar-refractivity contribution in [1.29, 1.82) is 5.26 Å². The highest BCUT2D eigenvalue weighted by molar-refractivity contribution is 5.38. The first kappa shape index (κ1) is 12.6. The molecule has 0 aliphatic heterocycles. The minimum absolute atomic E-state index is 0.0279. The van der Waals surface area contributed by atoms with Gasteiger partial charge in [-0.1, -0.05) is 17.0 Å². The maximum atomic E-state index is 13.2. The summed E-state index contributed by atoms with van der Waals surface area (Å²) in [6, 6.07) is 6.30. The molecule has 0 saturated heterocycles. The normalized spacial score (nSPS) is 8.47. The molecule has 0 unspecified atom stereocenters. The summed E-state index contributed by atoms with van der Waals surface area (Å²) < 4.78 is 13.2. The van der Waals surface area contributed by atoms with Crippen molar-refractivity contribution in [2.45, 2.75) is 12.8 Å². The Morgan fingerprint density at radius 2 is 2.29 bits per heavy atom. The van der Waals surface area contributed by atoms with Crippen LogP contribution in [0.15, 0.2) is 23.3 Å². The predicted octanol–water partition coefficient (Wildman–Crippen LogP) is 2.94. The van der Waals surface area contributed by atoms with Gasteiger partial charge in [0.1, 0.15) is 5.82 Å². The van der Waals surface area contributed by atoms with Gasteiger partial charge in [-0.15, -0.1) is 0 Å². The van der Waals surface area contributed by atoms with Gasteiger partial charge in [0.05, 0.1) is 12.5 Å². The van der Waals surface area contributed by atoms with Crippen molar-refractivity contribution < 1.29 is 4.39 Å². The highest BCUT2D eigenvalue weighted by Gasteiger charge is 2.01. The molecule has 0 N–H and O–H groups in total. The smallest absolute Gasteiger partial charge is 0.127 e. The molecule has 4 nitrogen and oxygen atoms in total. The number of benzene rings is 1. The summed E-state index contributed by atoms with van der Waals surface area (Å²) in [5.74, 6) is 5.23. The molecule has 1 aromatic rings. The maximum Gasteiger partial charge on any atom is 0.127 e. The zero-order valence-electron chi connectivity index (χ0n) is 9.02. The van der Waals surface area contributed by atoms with E-state index in [-0.39, 0.29) is 6.42 Å². The van der Waals surface area contributed by atoms with Crippen LogP contribution in [0.3, 0.4) is 0 Å². The summed E-state index contributed by atoms with van der Waals surface area (Å²) in [6.45, 7) is 0.315. The predicted molar refractivity (Wildman–Crippen MR) is 61.2 cm³/mol. The number of hydrogen-bond acceptors (Lipinski definition) is 2. The largest absolute Gasteiger partial charge is 0.207 e. The quantitative estimate of drug-likeness (QED) is 0.258. The van der Waals surface area contributed by atoms with Gasteiger partial charge >= 0.3 is 0 Å². The van der Waals surface area contributed by atoms with Crippen LogP contribution in [-0.4, -0.2) is 6.54 Å². The molecule has 0 atom stereocenters. The topological polar surface area (TPSA) is 72.5 Å². The van der Waals surface area contributed by atoms with Crippen LogP contribution in [0.4, 0.5) is 4.39 Å². The van der Waals surface area contributed by atoms with E-state index in [4.69, 9.17) is 10.8 Å². The molecule has 0 heterocycles. The van der Waals surface area contributed by atoms with E-state index in [0.29, 0.717) is 24.1 Å². The molecule has 0 bridgehead atoms. The van der Waals surface area contributed by atoms with Crippen LogP contribution in [0.5, 0.6) is 0 Å². The van der Waals surface area contributed by atoms with Gasteiger partial charge in [0, 0.05) is 29.0 Å². The first-order valence-corrected chi connectivity index (χ1v) is 4.93. The number of nitrogens with zero attached hydrogens (tertiary/aromatic N) is 4. The standard InChI is InChI=1S/C12H9FN4/c13-12-5-4-10(9-11(12)6-7-14)3-1-2-8-16-17-15/h4-5,9H,2,6,8H2. The molecule has 1 aromatic carbocycles. The second-order valence-corrected chi connectivity index (χ2v) is 3.15. The third kappa shape index (κ3) is 4.25. The summed E-state index contributed by atoms with van der Waals surface area (Å²) in [7, 11) is 0. The summed E-state index contributed by atoms with van der Waals surface area (Å²) in [5, 5.41) is 11.8. The van der Waals surface area contributed by atoms with Gasteiger partial charge in [0.25, 0.3) is 0 Å². The van der Waals surface area contributed by atoms with Crippen molar-refractivity contribution >= 4 is 0 Å². The van der Waals surface area contributed by atoms with Crippen molar-refractivity contribution in [2.75, 3.05) is 6.54 Å². The first-order chi connectivity index (χ1) is 8.27. The molecule has 84 valence electrons. The lowest BCUT2D eigenvalue weighted by atomic mass is 10.1. The average molecular weight is 228 g/mol. The molecule has 0 aliphatic carbocycles. The van der Waals surface area contributed by atoms with Crippen molar-refractivity contribution in [3.8, 4) is 17.9 Å². The van der Waals surface area contributed by atoms with Crippen LogP contribution in [0, 0.1) is 29.0 Å². The number of nitriles is 1. The number of halogens is 1. The summed E-state index contributed by atoms with van der Waals surface area (Å²) >= 11 is 0. The van der Waals surface area contributed by atoms with E-state index in [1.54, 1.807) is 12.1 Å². The average Bonchev–Trinajstić information content (AvgIpc) is 2.33. The van der Waals surface area contributed by atoms with Crippen molar-refractivity contribution in [2.24, 2.45) is 5.11 Å². The van der Waals surface area contributed by atoms with E-state index in [0.717, 1.165) is 0 Å². The zero-order valence-corrected chi connectivity index (χ0v) is 9.02. The fraction of sp³-hybridized carbons (Fsp3) is 0.250. The molecule has 0 amide bonds. The van der Waals surface area contributed by atoms with Crippen LogP contribution in [0.25, 0.3) is 10.4 Å². The Morgan fingerprint density at radius 1 is 1.47 bits per heavy atom. The maximum absolute atomic E-state index is 13.2. The van der Waals surface area contributed by atoms with Crippen LogP contribution in [0.1, 0.15) is 17.5 Å². The van der Waals surface area contributed by atoms with E-state index in [1.165, 1.54) is 6.07 Å². The molecular weight excluding hydrogens is 219 g/mol. The Hall–Kier alpha value is -2.49. The van der Waals surface area contributed by atoms with Gasteiger partial charge in [-0.2, -0.15) is 5.26 Å². The lowest BCUT2D eigenvalue weighted by Gasteiger charge is -1.98. The lowest BCUT2D eigenvalue weighted by molar-refractivity contribution is 0.615. The second-order valence-electron chi connectivity index (χ2n) is 3.15. The molecule has 0 fully saturated rings. The lowest BCUT2D eigenvalue weighted by Crippen LogP contribution is -1.89. The van der Waals surface area contributed by atoms with E-state index in [9.17, 15) is 4.39 Å². The van der Waals surface area contributed by atoms with Crippen LogP contribution in [-0.2, 0) is 6.42 Å². The first-order valence-electron chi connectivity index (χ1n) is 4.93. The second kappa shape index (κ2) is 6.90. The molecular formula is C12H9FN4. The third-order valence-electron chi connectivity index (χ3n) is 1.95. The summed E-state index contributed by atoms with van der Waals surface area (Å²) in [5.41, 5.74) is 9.04. The van der Waals surface area contributed by atoms with Crippen molar-refractivity contribution in [3.05, 3.63) is 45.6 Å². The fourth-order valence-corrected chi connectivity index (χ4v) is 1.19. The number of azide groups is 1. The Balaban J connectivity index is 2.75. The third-order valence-corrected chi connectivity index (χ3v) is 1.95. The molecule has 5 heteroatoms. The Labute approximate surface area is 98.3 Å². The fourth-order valence-electron chi connectivity index (χ4n) is 1.19. The van der Waals surface area contributed by atoms with Gasteiger partial charge < -0.3 is 0 Å². The van der Waals surface area contributed by atoms with Crippen molar-refractivity contribution in [3.63, 3.8) is 0 Å². The highest BCUT2D eigenvalue weighted by atomic mass is 19.1. The monoisotopic (exact) mass is 228 g/mol. The van der Waals surface area contributed by atoms with E-state index >= 15 is 0 Å². The molecule has 0 aromatic heterocycles. The molecule has 0 saturated carbocycles. The van der Waals surface area contributed by atoms with E-state index in [2.05, 4.69) is 21.9 Å². The molecule has 0 aliphatic rings. The molecule has 0 spiro atoms. The number of rotatable bonds is 3. The summed E-state index contributed by atoms with van der Waals surface area (Å²) in [4.78, 5) is 2.60.